The van der Waals surface area contributed by atoms with Gasteiger partial charge in [0.2, 0.25) is 0 Å². The van der Waals surface area contributed by atoms with E-state index in [4.69, 9.17) is 4.74 Å². The van der Waals surface area contributed by atoms with E-state index in [1.54, 1.807) is 7.11 Å². The Morgan fingerprint density at radius 2 is 2.27 bits per heavy atom. The fourth-order valence-corrected chi connectivity index (χ4v) is 2.09. The first-order valence-corrected chi connectivity index (χ1v) is 5.62. The highest BCUT2D eigenvalue weighted by Gasteiger charge is 2.27. The molecular weight excluding hydrogens is 186 g/mol. The van der Waals surface area contributed by atoms with Crippen LogP contribution < -0.4 is 10.1 Å². The molecule has 1 aromatic carbocycles. The van der Waals surface area contributed by atoms with Gasteiger partial charge in [0.05, 0.1) is 7.11 Å². The summed E-state index contributed by atoms with van der Waals surface area (Å²) in [6.45, 7) is 4.53. The second-order valence-corrected chi connectivity index (χ2v) is 4.56. The van der Waals surface area contributed by atoms with Gasteiger partial charge >= 0.3 is 0 Å². The van der Waals surface area contributed by atoms with E-state index in [1.807, 2.05) is 6.07 Å². The molecule has 1 aromatic rings. The average Bonchev–Trinajstić information content (AvgIpc) is 2.28. The number of fused-ring (bicyclic) bond motifs is 1. The molecule has 0 saturated heterocycles. The number of benzene rings is 1. The minimum absolute atomic E-state index is 0.265. The maximum atomic E-state index is 5.23. The van der Waals surface area contributed by atoms with Crippen molar-refractivity contribution >= 4 is 5.69 Å². The smallest absolute Gasteiger partial charge is 0.119 e. The first-order chi connectivity index (χ1) is 7.17. The number of anilines is 1. The third kappa shape index (κ3) is 1.94. The molecule has 1 unspecified atom stereocenters. The summed E-state index contributed by atoms with van der Waals surface area (Å²) in [4.78, 5) is 0. The van der Waals surface area contributed by atoms with E-state index in [0.717, 1.165) is 12.2 Å². The summed E-state index contributed by atoms with van der Waals surface area (Å²) in [5.74, 6) is 0.954. The Hall–Kier alpha value is -1.18. The normalized spacial score (nSPS) is 24.2. The molecule has 15 heavy (non-hydrogen) atoms. The van der Waals surface area contributed by atoms with E-state index in [1.165, 1.54) is 24.1 Å². The van der Waals surface area contributed by atoms with Gasteiger partial charge in [-0.3, -0.25) is 0 Å². The zero-order valence-electron chi connectivity index (χ0n) is 9.76. The summed E-state index contributed by atoms with van der Waals surface area (Å²) in [6, 6.07) is 6.28. The van der Waals surface area contributed by atoms with Crippen molar-refractivity contribution in [2.45, 2.75) is 38.6 Å². The van der Waals surface area contributed by atoms with Crippen LogP contribution in [0.3, 0.4) is 0 Å². The molecule has 2 nitrogen and oxygen atoms in total. The number of methoxy groups -OCH3 is 1. The van der Waals surface area contributed by atoms with E-state index in [0.29, 0.717) is 0 Å². The molecule has 1 atom stereocenters. The third-order valence-corrected chi connectivity index (χ3v) is 3.48. The molecule has 1 aliphatic rings. The zero-order chi connectivity index (χ0) is 10.9. The molecule has 0 saturated carbocycles. The second-order valence-electron chi connectivity index (χ2n) is 4.56. The lowest BCUT2D eigenvalue weighted by molar-refractivity contribution is 0.411. The van der Waals surface area contributed by atoms with Gasteiger partial charge in [-0.2, -0.15) is 0 Å². The van der Waals surface area contributed by atoms with Gasteiger partial charge in [0.15, 0.2) is 0 Å². The molecule has 2 heteroatoms. The Kier molecular flexibility index (Phi) is 2.59. The Morgan fingerprint density at radius 3 is 2.93 bits per heavy atom. The van der Waals surface area contributed by atoms with Gasteiger partial charge in [0.25, 0.3) is 0 Å². The summed E-state index contributed by atoms with van der Waals surface area (Å²) >= 11 is 0. The molecule has 0 aromatic heterocycles. The van der Waals surface area contributed by atoms with Crippen LogP contribution in [0.2, 0.25) is 0 Å². The van der Waals surface area contributed by atoms with Crippen molar-refractivity contribution in [1.29, 1.82) is 0 Å². The molecular formula is C13H19NO. The van der Waals surface area contributed by atoms with Crippen molar-refractivity contribution in [3.05, 3.63) is 23.8 Å². The molecule has 0 amide bonds. The highest BCUT2D eigenvalue weighted by Crippen LogP contribution is 2.34. The number of rotatable bonds is 2. The van der Waals surface area contributed by atoms with Gasteiger partial charge < -0.3 is 10.1 Å². The van der Waals surface area contributed by atoms with Crippen molar-refractivity contribution in [1.82, 2.24) is 0 Å². The number of hydrogen-bond donors (Lipinski definition) is 1. The Labute approximate surface area is 91.6 Å². The molecule has 0 fully saturated rings. The van der Waals surface area contributed by atoms with E-state index in [2.05, 4.69) is 31.3 Å². The number of nitrogens with one attached hydrogen (secondary N) is 1. The quantitative estimate of drug-likeness (QED) is 0.800. The van der Waals surface area contributed by atoms with Gasteiger partial charge in [-0.15, -0.1) is 0 Å². The molecule has 2 rings (SSSR count). The van der Waals surface area contributed by atoms with Gasteiger partial charge in [0.1, 0.15) is 5.75 Å². The fourth-order valence-electron chi connectivity index (χ4n) is 2.09. The van der Waals surface area contributed by atoms with Crippen LogP contribution in [0, 0.1) is 0 Å². The first kappa shape index (κ1) is 10.3. The van der Waals surface area contributed by atoms with E-state index < -0.39 is 0 Å². The highest BCUT2D eigenvalue weighted by molar-refractivity contribution is 5.57. The maximum absolute atomic E-state index is 5.23. The minimum Gasteiger partial charge on any atom is -0.497 e. The lowest BCUT2D eigenvalue weighted by Crippen LogP contribution is -2.37. The van der Waals surface area contributed by atoms with E-state index in [9.17, 15) is 0 Å². The molecule has 0 aliphatic carbocycles. The van der Waals surface area contributed by atoms with Gasteiger partial charge in [0, 0.05) is 11.2 Å². The summed E-state index contributed by atoms with van der Waals surface area (Å²) in [6.07, 6.45) is 3.51. The van der Waals surface area contributed by atoms with Gasteiger partial charge in [-0.25, -0.2) is 0 Å². The van der Waals surface area contributed by atoms with Gasteiger partial charge in [-0.05, 0) is 49.9 Å². The SMILES string of the molecule is CCC1(C)CCc2cc(OC)ccc2N1. The summed E-state index contributed by atoms with van der Waals surface area (Å²) in [7, 11) is 1.72. The predicted molar refractivity (Wildman–Crippen MR) is 63.6 cm³/mol. The molecule has 1 N–H and O–H groups in total. The fraction of sp³-hybridized carbons (Fsp3) is 0.538. The van der Waals surface area contributed by atoms with Crippen LogP contribution in [-0.2, 0) is 6.42 Å². The van der Waals surface area contributed by atoms with Crippen molar-refractivity contribution in [3.8, 4) is 5.75 Å². The second kappa shape index (κ2) is 3.76. The zero-order valence-corrected chi connectivity index (χ0v) is 9.76. The monoisotopic (exact) mass is 205 g/mol. The topological polar surface area (TPSA) is 21.3 Å². The number of hydrogen-bond acceptors (Lipinski definition) is 2. The van der Waals surface area contributed by atoms with Crippen LogP contribution >= 0.6 is 0 Å². The minimum atomic E-state index is 0.265. The van der Waals surface area contributed by atoms with Crippen LogP contribution in [0.5, 0.6) is 5.75 Å². The molecule has 1 heterocycles. The van der Waals surface area contributed by atoms with Crippen molar-refractivity contribution in [3.63, 3.8) is 0 Å². The maximum Gasteiger partial charge on any atom is 0.119 e. The standard InChI is InChI=1S/C13H19NO/c1-4-13(2)8-7-10-9-11(15-3)5-6-12(10)14-13/h5-6,9,14H,4,7-8H2,1-3H3. The predicted octanol–water partition coefficient (Wildman–Crippen LogP) is 3.22. The van der Waals surface area contributed by atoms with E-state index in [-0.39, 0.29) is 5.54 Å². The number of ether oxygens (including phenoxy) is 1. The molecule has 0 radical (unpaired) electrons. The Bertz CT molecular complexity index is 362. The van der Waals surface area contributed by atoms with Gasteiger partial charge in [-0.1, -0.05) is 6.92 Å². The van der Waals surface area contributed by atoms with Crippen LogP contribution in [-0.4, -0.2) is 12.6 Å². The van der Waals surface area contributed by atoms with Crippen molar-refractivity contribution in [2.24, 2.45) is 0 Å². The average molecular weight is 205 g/mol. The largest absolute Gasteiger partial charge is 0.497 e. The lowest BCUT2D eigenvalue weighted by Gasteiger charge is -2.36. The van der Waals surface area contributed by atoms with Crippen molar-refractivity contribution in [2.75, 3.05) is 12.4 Å². The lowest BCUT2D eigenvalue weighted by atomic mass is 9.86. The highest BCUT2D eigenvalue weighted by atomic mass is 16.5. The molecule has 0 spiro atoms. The molecule has 82 valence electrons. The van der Waals surface area contributed by atoms with Crippen LogP contribution in [0.15, 0.2) is 18.2 Å². The summed E-state index contributed by atoms with van der Waals surface area (Å²) < 4.78 is 5.23. The first-order valence-electron chi connectivity index (χ1n) is 5.62. The van der Waals surface area contributed by atoms with E-state index >= 15 is 0 Å². The Balaban J connectivity index is 2.28. The molecule has 0 bridgehead atoms. The summed E-state index contributed by atoms with van der Waals surface area (Å²) in [5, 5.41) is 3.62. The molecule has 1 aliphatic heterocycles. The van der Waals surface area contributed by atoms with Crippen LogP contribution in [0.25, 0.3) is 0 Å². The van der Waals surface area contributed by atoms with Crippen molar-refractivity contribution < 1.29 is 4.74 Å². The van der Waals surface area contributed by atoms with Crippen LogP contribution in [0.1, 0.15) is 32.3 Å². The Morgan fingerprint density at radius 1 is 1.47 bits per heavy atom. The summed E-state index contributed by atoms with van der Waals surface area (Å²) in [5.41, 5.74) is 2.91. The number of aryl methyl sites for hydroxylation is 1. The van der Waals surface area contributed by atoms with Crippen LogP contribution in [0.4, 0.5) is 5.69 Å². The third-order valence-electron chi connectivity index (χ3n) is 3.48.